The van der Waals surface area contributed by atoms with Gasteiger partial charge in [0.05, 0.1) is 12.3 Å². The molecule has 6 nitrogen and oxygen atoms in total. The van der Waals surface area contributed by atoms with Crippen LogP contribution in [0.2, 0.25) is 0 Å². The Hall–Kier alpha value is -2.50. The van der Waals surface area contributed by atoms with E-state index in [1.54, 1.807) is 6.07 Å². The number of aliphatic carboxylic acids is 1. The highest BCUT2D eigenvalue weighted by atomic mass is 16.5. The van der Waals surface area contributed by atoms with Crippen LogP contribution in [0.4, 0.5) is 0 Å². The third-order valence-electron chi connectivity index (χ3n) is 3.98. The summed E-state index contributed by atoms with van der Waals surface area (Å²) in [4.78, 5) is 15.3. The number of ether oxygens (including phenoxy) is 2. The number of rotatable bonds is 8. The Morgan fingerprint density at radius 1 is 1.42 bits per heavy atom. The van der Waals surface area contributed by atoms with Crippen LogP contribution in [-0.4, -0.2) is 28.8 Å². The summed E-state index contributed by atoms with van der Waals surface area (Å²) in [5.41, 5.74) is 1.80. The van der Waals surface area contributed by atoms with Crippen molar-refractivity contribution in [2.24, 2.45) is 5.92 Å². The fourth-order valence-corrected chi connectivity index (χ4v) is 2.50. The maximum absolute atomic E-state index is 11.0. The molecule has 0 saturated heterocycles. The Kier molecular flexibility index (Phi) is 4.74. The normalized spacial score (nSPS) is 15.1. The molecule has 0 amide bonds. The third-order valence-corrected chi connectivity index (χ3v) is 3.98. The van der Waals surface area contributed by atoms with E-state index in [9.17, 15) is 4.79 Å². The maximum Gasteiger partial charge on any atom is 0.344 e. The van der Waals surface area contributed by atoms with Gasteiger partial charge in [-0.05, 0) is 57.2 Å². The van der Waals surface area contributed by atoms with Crippen molar-refractivity contribution in [3.05, 3.63) is 30.3 Å². The Labute approximate surface area is 140 Å². The van der Waals surface area contributed by atoms with Gasteiger partial charge in [-0.25, -0.2) is 9.78 Å². The lowest BCUT2D eigenvalue weighted by Gasteiger charge is -2.15. The van der Waals surface area contributed by atoms with Crippen LogP contribution in [0.3, 0.4) is 0 Å². The monoisotopic (exact) mass is 331 g/mol. The minimum Gasteiger partial charge on any atom is -0.490 e. The molecule has 0 aliphatic heterocycles. The van der Waals surface area contributed by atoms with Gasteiger partial charge in [-0.3, -0.25) is 0 Å². The molecular weight excluding hydrogens is 310 g/mol. The number of nitrogens with zero attached hydrogens (tertiary/aromatic N) is 1. The Morgan fingerprint density at radius 2 is 2.21 bits per heavy atom. The van der Waals surface area contributed by atoms with Crippen LogP contribution in [0.25, 0.3) is 11.3 Å². The van der Waals surface area contributed by atoms with Crippen molar-refractivity contribution < 1.29 is 23.8 Å². The average molecular weight is 331 g/mol. The molecule has 0 radical (unpaired) electrons. The number of aromatic nitrogens is 1. The molecule has 128 valence electrons. The van der Waals surface area contributed by atoms with Gasteiger partial charge in [0.2, 0.25) is 0 Å². The highest BCUT2D eigenvalue weighted by molar-refractivity contribution is 5.72. The standard InChI is InChI=1S/C18H21NO5/c1-3-22-16-9-13(6-7-15(16)24-11(2)18(20)21)17-14(19-10-23-17)8-12-4-5-12/h6-7,9-12H,3-5,8H2,1-2H3,(H,20,21). The zero-order valence-corrected chi connectivity index (χ0v) is 13.8. The molecule has 0 spiro atoms. The van der Waals surface area contributed by atoms with E-state index in [1.807, 2.05) is 19.1 Å². The van der Waals surface area contributed by atoms with Crippen LogP contribution in [0.15, 0.2) is 29.0 Å². The highest BCUT2D eigenvalue weighted by Crippen LogP contribution is 2.38. The molecule has 1 aliphatic carbocycles. The fraction of sp³-hybridized carbons (Fsp3) is 0.444. The minimum absolute atomic E-state index is 0.402. The first-order valence-corrected chi connectivity index (χ1v) is 8.17. The lowest BCUT2D eigenvalue weighted by molar-refractivity contribution is -0.144. The Balaban J connectivity index is 1.88. The number of hydrogen-bond donors (Lipinski definition) is 1. The number of oxazole rings is 1. The largest absolute Gasteiger partial charge is 0.490 e. The second-order valence-corrected chi connectivity index (χ2v) is 5.97. The molecule has 1 N–H and O–H groups in total. The van der Waals surface area contributed by atoms with Crippen LogP contribution < -0.4 is 9.47 Å². The van der Waals surface area contributed by atoms with Gasteiger partial charge in [0, 0.05) is 5.56 Å². The molecule has 6 heteroatoms. The van der Waals surface area contributed by atoms with E-state index in [2.05, 4.69) is 4.98 Å². The minimum atomic E-state index is -1.02. The lowest BCUT2D eigenvalue weighted by Crippen LogP contribution is -2.23. The van der Waals surface area contributed by atoms with Crippen molar-refractivity contribution in [1.82, 2.24) is 4.98 Å². The predicted octanol–water partition coefficient (Wildman–Crippen LogP) is 3.54. The second kappa shape index (κ2) is 6.95. The molecule has 24 heavy (non-hydrogen) atoms. The number of carbonyl (C=O) groups is 1. The van der Waals surface area contributed by atoms with Crippen molar-refractivity contribution in [2.75, 3.05) is 6.61 Å². The van der Waals surface area contributed by atoms with E-state index < -0.39 is 12.1 Å². The van der Waals surface area contributed by atoms with Crippen LogP contribution in [0.5, 0.6) is 11.5 Å². The van der Waals surface area contributed by atoms with E-state index in [4.69, 9.17) is 19.0 Å². The molecule has 2 aromatic rings. The smallest absolute Gasteiger partial charge is 0.344 e. The molecule has 0 bridgehead atoms. The van der Waals surface area contributed by atoms with Gasteiger partial charge in [-0.1, -0.05) is 0 Å². The molecule has 3 rings (SSSR count). The quantitative estimate of drug-likeness (QED) is 0.796. The SMILES string of the molecule is CCOc1cc(-c2ocnc2CC2CC2)ccc1OC(C)C(=O)O. The molecule has 1 atom stereocenters. The van der Waals surface area contributed by atoms with Gasteiger partial charge >= 0.3 is 5.97 Å². The summed E-state index contributed by atoms with van der Waals surface area (Å²) in [6.07, 6.45) is 3.92. The van der Waals surface area contributed by atoms with Crippen molar-refractivity contribution in [3.63, 3.8) is 0 Å². The van der Waals surface area contributed by atoms with Gasteiger partial charge in [0.15, 0.2) is 29.8 Å². The first-order valence-electron chi connectivity index (χ1n) is 8.17. The molecule has 1 aromatic heterocycles. The molecule has 1 unspecified atom stereocenters. The lowest BCUT2D eigenvalue weighted by atomic mass is 10.1. The number of hydrogen-bond acceptors (Lipinski definition) is 5. The molecule has 1 aromatic carbocycles. The van der Waals surface area contributed by atoms with E-state index >= 15 is 0 Å². The van der Waals surface area contributed by atoms with Crippen LogP contribution >= 0.6 is 0 Å². The first-order chi connectivity index (χ1) is 11.6. The second-order valence-electron chi connectivity index (χ2n) is 5.97. The fourth-order valence-electron chi connectivity index (χ4n) is 2.50. The van der Waals surface area contributed by atoms with Gasteiger partial charge in [0.1, 0.15) is 0 Å². The topological polar surface area (TPSA) is 81.8 Å². The zero-order chi connectivity index (χ0) is 17.1. The van der Waals surface area contributed by atoms with Crippen molar-refractivity contribution in [2.45, 2.75) is 39.2 Å². The van der Waals surface area contributed by atoms with Crippen LogP contribution in [0.1, 0.15) is 32.4 Å². The van der Waals surface area contributed by atoms with Crippen LogP contribution in [-0.2, 0) is 11.2 Å². The molecule has 1 fully saturated rings. The number of benzene rings is 1. The molecule has 1 aliphatic rings. The van der Waals surface area contributed by atoms with Crippen molar-refractivity contribution >= 4 is 5.97 Å². The van der Waals surface area contributed by atoms with Gasteiger partial charge in [-0.2, -0.15) is 0 Å². The van der Waals surface area contributed by atoms with E-state index in [0.717, 1.165) is 23.4 Å². The van der Waals surface area contributed by atoms with E-state index in [-0.39, 0.29) is 0 Å². The number of carboxylic acids is 1. The van der Waals surface area contributed by atoms with Gasteiger partial charge in [-0.15, -0.1) is 0 Å². The summed E-state index contributed by atoms with van der Waals surface area (Å²) in [5, 5.41) is 9.01. The van der Waals surface area contributed by atoms with Crippen LogP contribution in [0, 0.1) is 5.92 Å². The maximum atomic E-state index is 11.0. The predicted molar refractivity (Wildman–Crippen MR) is 87.3 cm³/mol. The molecular formula is C18H21NO5. The van der Waals surface area contributed by atoms with Gasteiger partial charge in [0.25, 0.3) is 0 Å². The zero-order valence-electron chi connectivity index (χ0n) is 13.8. The van der Waals surface area contributed by atoms with E-state index in [1.165, 1.54) is 26.2 Å². The third kappa shape index (κ3) is 3.69. The number of carboxylic acid groups (broad SMARTS) is 1. The first kappa shape index (κ1) is 16.4. The van der Waals surface area contributed by atoms with Crippen molar-refractivity contribution in [3.8, 4) is 22.8 Å². The van der Waals surface area contributed by atoms with Gasteiger partial charge < -0.3 is 19.0 Å². The average Bonchev–Trinajstić information content (AvgIpc) is 3.25. The molecule has 1 heterocycles. The summed E-state index contributed by atoms with van der Waals surface area (Å²) in [6, 6.07) is 5.36. The Morgan fingerprint density at radius 3 is 2.88 bits per heavy atom. The Bertz CT molecular complexity index is 720. The summed E-state index contributed by atoms with van der Waals surface area (Å²) in [6.45, 7) is 3.80. The van der Waals surface area contributed by atoms with Crippen molar-refractivity contribution in [1.29, 1.82) is 0 Å². The summed E-state index contributed by atoms with van der Waals surface area (Å²) in [5.74, 6) is 1.32. The van der Waals surface area contributed by atoms with E-state index in [0.29, 0.717) is 24.0 Å². The molecule has 1 saturated carbocycles. The summed E-state index contributed by atoms with van der Waals surface area (Å²) in [7, 11) is 0. The highest BCUT2D eigenvalue weighted by Gasteiger charge is 2.25. The summed E-state index contributed by atoms with van der Waals surface area (Å²) >= 11 is 0. The summed E-state index contributed by atoms with van der Waals surface area (Å²) < 4.78 is 16.6.